The van der Waals surface area contributed by atoms with Crippen LogP contribution in [0.15, 0.2) is 18.2 Å². The van der Waals surface area contributed by atoms with Crippen LogP contribution in [0.4, 0.5) is 14.9 Å². The van der Waals surface area contributed by atoms with Crippen LogP contribution in [0.1, 0.15) is 10.4 Å². The topological polar surface area (TPSA) is 90.0 Å². The normalized spacial score (nSPS) is 9.90. The van der Waals surface area contributed by atoms with Crippen LogP contribution in [0.2, 0.25) is 0 Å². The zero-order chi connectivity index (χ0) is 16.2. The summed E-state index contributed by atoms with van der Waals surface area (Å²) in [5, 5.41) is 11.3. The quantitative estimate of drug-likeness (QED) is 0.870. The molecule has 0 unspecified atom stereocenters. The van der Waals surface area contributed by atoms with Crippen molar-refractivity contribution in [3.63, 3.8) is 0 Å². The lowest BCUT2D eigenvalue weighted by atomic mass is 10.2. The second-order valence-electron chi connectivity index (χ2n) is 4.57. The minimum Gasteiger partial charge on any atom is -0.478 e. The van der Waals surface area contributed by atoms with Gasteiger partial charge in [-0.2, -0.15) is 0 Å². The van der Waals surface area contributed by atoms with Gasteiger partial charge in [-0.25, -0.2) is 14.0 Å². The number of hydrogen-bond acceptors (Lipinski definition) is 3. The number of carbonyl (C=O) groups excluding carboxylic acids is 2. The molecule has 3 amide bonds. The van der Waals surface area contributed by atoms with Crippen molar-refractivity contribution in [1.82, 2.24) is 9.80 Å². The fourth-order valence-electron chi connectivity index (χ4n) is 1.43. The molecule has 1 aromatic carbocycles. The number of aromatic carboxylic acids is 1. The molecular formula is C13H16FN3O4. The number of carbonyl (C=O) groups is 3. The smallest absolute Gasteiger partial charge is 0.337 e. The van der Waals surface area contributed by atoms with E-state index in [4.69, 9.17) is 5.11 Å². The number of rotatable bonds is 4. The standard InChI is InChI=1S/C13H16FN3O4/c1-16(2)11(18)7-17(3)13(21)15-10-6-8(14)4-5-9(10)12(19)20/h4-6H,7H2,1-3H3,(H,15,21)(H,19,20). The molecule has 0 heterocycles. The Morgan fingerprint density at radius 3 is 2.38 bits per heavy atom. The van der Waals surface area contributed by atoms with Gasteiger partial charge in [-0.1, -0.05) is 0 Å². The predicted molar refractivity (Wildman–Crippen MR) is 73.7 cm³/mol. The maximum atomic E-state index is 13.2. The van der Waals surface area contributed by atoms with Crippen LogP contribution in [0.25, 0.3) is 0 Å². The molecule has 7 nitrogen and oxygen atoms in total. The molecule has 114 valence electrons. The lowest BCUT2D eigenvalue weighted by Crippen LogP contribution is -2.40. The van der Waals surface area contributed by atoms with Crippen molar-refractivity contribution in [3.8, 4) is 0 Å². The van der Waals surface area contributed by atoms with Crippen LogP contribution >= 0.6 is 0 Å². The molecule has 0 atom stereocenters. The molecule has 21 heavy (non-hydrogen) atoms. The van der Waals surface area contributed by atoms with Gasteiger partial charge in [-0.3, -0.25) is 4.79 Å². The largest absolute Gasteiger partial charge is 0.478 e. The molecule has 2 N–H and O–H groups in total. The summed E-state index contributed by atoms with van der Waals surface area (Å²) in [6.07, 6.45) is 0. The van der Waals surface area contributed by atoms with Gasteiger partial charge in [0.25, 0.3) is 0 Å². The van der Waals surface area contributed by atoms with Gasteiger partial charge in [-0.05, 0) is 18.2 Å². The van der Waals surface area contributed by atoms with E-state index in [2.05, 4.69) is 5.32 Å². The fraction of sp³-hybridized carbons (Fsp3) is 0.308. The summed E-state index contributed by atoms with van der Waals surface area (Å²) in [5.74, 6) is -2.27. The molecule has 0 radical (unpaired) electrons. The van der Waals surface area contributed by atoms with Crippen molar-refractivity contribution in [2.24, 2.45) is 0 Å². The summed E-state index contributed by atoms with van der Waals surface area (Å²) in [6, 6.07) is 2.23. The van der Waals surface area contributed by atoms with E-state index in [0.717, 1.165) is 23.1 Å². The van der Waals surface area contributed by atoms with Crippen molar-refractivity contribution in [2.45, 2.75) is 0 Å². The number of carboxylic acids is 1. The zero-order valence-electron chi connectivity index (χ0n) is 11.9. The molecule has 0 aliphatic heterocycles. The van der Waals surface area contributed by atoms with E-state index in [1.807, 2.05) is 0 Å². The number of halogens is 1. The van der Waals surface area contributed by atoms with E-state index in [-0.39, 0.29) is 23.7 Å². The molecule has 0 bridgehead atoms. The minimum atomic E-state index is -1.29. The number of urea groups is 1. The first-order valence-corrected chi connectivity index (χ1v) is 5.97. The zero-order valence-corrected chi connectivity index (χ0v) is 11.9. The van der Waals surface area contributed by atoms with Gasteiger partial charge in [0.15, 0.2) is 0 Å². The van der Waals surface area contributed by atoms with Gasteiger partial charge >= 0.3 is 12.0 Å². The Morgan fingerprint density at radius 1 is 1.24 bits per heavy atom. The Labute approximate surface area is 120 Å². The Hall–Kier alpha value is -2.64. The Bertz CT molecular complexity index is 575. The number of anilines is 1. The minimum absolute atomic E-state index is 0.170. The summed E-state index contributed by atoms with van der Waals surface area (Å²) < 4.78 is 13.2. The molecular weight excluding hydrogens is 281 g/mol. The van der Waals surface area contributed by atoms with E-state index < -0.39 is 17.8 Å². The Morgan fingerprint density at radius 2 is 1.86 bits per heavy atom. The van der Waals surface area contributed by atoms with Crippen LogP contribution < -0.4 is 5.32 Å². The molecule has 0 fully saturated rings. The van der Waals surface area contributed by atoms with Crippen LogP contribution in [-0.2, 0) is 4.79 Å². The number of amides is 3. The lowest BCUT2D eigenvalue weighted by molar-refractivity contribution is -0.129. The number of benzene rings is 1. The highest BCUT2D eigenvalue weighted by Crippen LogP contribution is 2.17. The van der Waals surface area contributed by atoms with Crippen molar-refractivity contribution in [3.05, 3.63) is 29.6 Å². The van der Waals surface area contributed by atoms with Gasteiger partial charge in [0.2, 0.25) is 5.91 Å². The Balaban J connectivity index is 2.85. The maximum Gasteiger partial charge on any atom is 0.337 e. The molecule has 0 spiro atoms. The van der Waals surface area contributed by atoms with Gasteiger partial charge < -0.3 is 20.2 Å². The number of carboxylic acid groups (broad SMARTS) is 1. The first-order chi connectivity index (χ1) is 9.72. The molecule has 1 rings (SSSR count). The number of nitrogens with one attached hydrogen (secondary N) is 1. The average molecular weight is 297 g/mol. The highest BCUT2D eigenvalue weighted by molar-refractivity contribution is 6.00. The van der Waals surface area contributed by atoms with E-state index >= 15 is 0 Å². The summed E-state index contributed by atoms with van der Waals surface area (Å²) in [5.41, 5.74) is -0.409. The van der Waals surface area contributed by atoms with E-state index in [1.54, 1.807) is 14.1 Å². The maximum absolute atomic E-state index is 13.2. The first kappa shape index (κ1) is 16.4. The van der Waals surface area contributed by atoms with E-state index in [9.17, 15) is 18.8 Å². The van der Waals surface area contributed by atoms with E-state index in [0.29, 0.717) is 0 Å². The van der Waals surface area contributed by atoms with Gasteiger partial charge in [-0.15, -0.1) is 0 Å². The monoisotopic (exact) mass is 297 g/mol. The number of nitrogens with zero attached hydrogens (tertiary/aromatic N) is 2. The van der Waals surface area contributed by atoms with Crippen molar-refractivity contribution in [1.29, 1.82) is 0 Å². The SMILES string of the molecule is CN(C)C(=O)CN(C)C(=O)Nc1cc(F)ccc1C(=O)O. The number of hydrogen-bond donors (Lipinski definition) is 2. The third-order valence-corrected chi connectivity index (χ3v) is 2.67. The summed E-state index contributed by atoms with van der Waals surface area (Å²) in [7, 11) is 4.46. The molecule has 1 aromatic rings. The molecule has 0 aromatic heterocycles. The third-order valence-electron chi connectivity index (χ3n) is 2.67. The van der Waals surface area contributed by atoms with Crippen molar-refractivity contribution >= 4 is 23.6 Å². The van der Waals surface area contributed by atoms with Crippen molar-refractivity contribution in [2.75, 3.05) is 33.0 Å². The van der Waals surface area contributed by atoms with Gasteiger partial charge in [0, 0.05) is 21.1 Å². The van der Waals surface area contributed by atoms with Crippen LogP contribution in [-0.4, -0.2) is 60.5 Å². The molecule has 8 heteroatoms. The van der Waals surface area contributed by atoms with Gasteiger partial charge in [0.1, 0.15) is 12.4 Å². The second-order valence-corrected chi connectivity index (χ2v) is 4.57. The predicted octanol–water partition coefficient (Wildman–Crippen LogP) is 1.08. The highest BCUT2D eigenvalue weighted by atomic mass is 19.1. The van der Waals surface area contributed by atoms with E-state index in [1.165, 1.54) is 11.9 Å². The lowest BCUT2D eigenvalue weighted by Gasteiger charge is -2.20. The van der Waals surface area contributed by atoms with Crippen LogP contribution in [0.5, 0.6) is 0 Å². The van der Waals surface area contributed by atoms with Gasteiger partial charge in [0.05, 0.1) is 11.3 Å². The van der Waals surface area contributed by atoms with Crippen molar-refractivity contribution < 1.29 is 23.9 Å². The fourth-order valence-corrected chi connectivity index (χ4v) is 1.43. The second kappa shape index (κ2) is 6.69. The number of likely N-dealkylation sites (N-methyl/N-ethyl adjacent to an activating group) is 2. The molecule has 0 saturated heterocycles. The van der Waals surface area contributed by atoms with Crippen LogP contribution in [0, 0.1) is 5.82 Å². The average Bonchev–Trinajstić information content (AvgIpc) is 2.37. The third kappa shape index (κ3) is 4.44. The Kier molecular flexibility index (Phi) is 5.23. The summed E-state index contributed by atoms with van der Waals surface area (Å²) in [4.78, 5) is 36.8. The molecule has 0 aliphatic carbocycles. The first-order valence-electron chi connectivity index (χ1n) is 5.97. The summed E-state index contributed by atoms with van der Waals surface area (Å²) >= 11 is 0. The van der Waals surface area contributed by atoms with Crippen LogP contribution in [0.3, 0.4) is 0 Å². The molecule has 0 saturated carbocycles. The highest BCUT2D eigenvalue weighted by Gasteiger charge is 2.18. The molecule has 0 aliphatic rings. The summed E-state index contributed by atoms with van der Waals surface area (Å²) in [6.45, 7) is -0.184.